The van der Waals surface area contributed by atoms with E-state index in [1.807, 2.05) is 24.3 Å². The molecule has 2 rings (SSSR count). The van der Waals surface area contributed by atoms with E-state index in [0.717, 1.165) is 16.3 Å². The van der Waals surface area contributed by atoms with Crippen molar-refractivity contribution in [2.75, 3.05) is 0 Å². The number of halogens is 1. The number of benzene rings is 1. The summed E-state index contributed by atoms with van der Waals surface area (Å²) in [7, 11) is 1.70. The predicted molar refractivity (Wildman–Crippen MR) is 60.3 cm³/mol. The van der Waals surface area contributed by atoms with Crippen LogP contribution in [0, 0.1) is 0 Å². The molecule has 1 aromatic carbocycles. The van der Waals surface area contributed by atoms with Crippen molar-refractivity contribution in [2.45, 2.75) is 6.42 Å². The molecule has 0 amide bonds. The molecule has 0 saturated heterocycles. The number of aromatic amines is 1. The lowest BCUT2D eigenvalue weighted by atomic mass is 10.1. The lowest BCUT2D eigenvalue weighted by Crippen LogP contribution is -2.09. The average Bonchev–Trinajstić information content (AvgIpc) is 2.50. The predicted octanol–water partition coefficient (Wildman–Crippen LogP) is 1.96. The summed E-state index contributed by atoms with van der Waals surface area (Å²) >= 11 is 5.78. The molecule has 0 aliphatic carbocycles. The molecule has 0 radical (unpaired) electrons. The van der Waals surface area contributed by atoms with Gasteiger partial charge in [-0.25, -0.2) is 0 Å². The summed E-state index contributed by atoms with van der Waals surface area (Å²) in [5.74, 6) is 0. The molecule has 1 aromatic heterocycles. The maximum Gasteiger partial charge on any atom is 0.266 e. The fourth-order valence-electron chi connectivity index (χ4n) is 1.46. The van der Waals surface area contributed by atoms with Crippen molar-refractivity contribution in [3.05, 3.63) is 57.0 Å². The highest BCUT2D eigenvalue weighted by molar-refractivity contribution is 6.30. The monoisotopic (exact) mass is 222 g/mol. The summed E-state index contributed by atoms with van der Waals surface area (Å²) in [6, 6.07) is 9.20. The van der Waals surface area contributed by atoms with Gasteiger partial charge in [0.25, 0.3) is 5.56 Å². The van der Waals surface area contributed by atoms with E-state index in [1.165, 1.54) is 4.68 Å². The Bertz CT molecular complexity index is 510. The maximum absolute atomic E-state index is 11.2. The topological polar surface area (TPSA) is 37.8 Å². The second kappa shape index (κ2) is 3.95. The van der Waals surface area contributed by atoms with Crippen LogP contribution in [0.1, 0.15) is 11.3 Å². The normalized spacial score (nSPS) is 10.5. The molecule has 0 saturated carbocycles. The van der Waals surface area contributed by atoms with E-state index >= 15 is 0 Å². The zero-order valence-electron chi connectivity index (χ0n) is 8.33. The largest absolute Gasteiger partial charge is 0.300 e. The van der Waals surface area contributed by atoms with Gasteiger partial charge in [-0.2, -0.15) is 0 Å². The molecule has 4 heteroatoms. The van der Waals surface area contributed by atoms with Crippen molar-refractivity contribution in [2.24, 2.45) is 7.05 Å². The first-order valence-electron chi connectivity index (χ1n) is 4.64. The number of aromatic nitrogens is 2. The van der Waals surface area contributed by atoms with Gasteiger partial charge in [-0.05, 0) is 17.7 Å². The second-order valence-electron chi connectivity index (χ2n) is 3.48. The van der Waals surface area contributed by atoms with Gasteiger partial charge in [0.2, 0.25) is 0 Å². The fourth-order valence-corrected chi connectivity index (χ4v) is 1.59. The van der Waals surface area contributed by atoms with E-state index in [0.29, 0.717) is 6.42 Å². The molecule has 78 valence electrons. The van der Waals surface area contributed by atoms with Gasteiger partial charge in [-0.1, -0.05) is 23.7 Å². The molecule has 2 aromatic rings. The molecule has 1 heterocycles. The summed E-state index contributed by atoms with van der Waals surface area (Å²) in [4.78, 5) is 11.2. The van der Waals surface area contributed by atoms with Gasteiger partial charge in [0.15, 0.2) is 0 Å². The Kier molecular flexibility index (Phi) is 2.64. The smallest absolute Gasteiger partial charge is 0.266 e. The Morgan fingerprint density at radius 2 is 2.00 bits per heavy atom. The highest BCUT2D eigenvalue weighted by atomic mass is 35.5. The van der Waals surface area contributed by atoms with Crippen molar-refractivity contribution in [1.82, 2.24) is 9.78 Å². The van der Waals surface area contributed by atoms with Crippen LogP contribution in [-0.4, -0.2) is 9.78 Å². The van der Waals surface area contributed by atoms with E-state index in [9.17, 15) is 4.79 Å². The molecule has 15 heavy (non-hydrogen) atoms. The van der Waals surface area contributed by atoms with E-state index in [4.69, 9.17) is 11.6 Å². The van der Waals surface area contributed by atoms with Gasteiger partial charge in [-0.3, -0.25) is 14.6 Å². The SMILES string of the molecule is Cn1[nH]c(Cc2ccc(Cl)cc2)cc1=O. The number of aryl methyl sites for hydroxylation is 1. The molecule has 0 aliphatic rings. The van der Waals surface area contributed by atoms with Crippen molar-refractivity contribution in [1.29, 1.82) is 0 Å². The Balaban J connectivity index is 2.22. The number of nitrogens with zero attached hydrogens (tertiary/aromatic N) is 1. The molecule has 3 nitrogen and oxygen atoms in total. The van der Waals surface area contributed by atoms with Crippen molar-refractivity contribution in [3.63, 3.8) is 0 Å². The van der Waals surface area contributed by atoms with Crippen molar-refractivity contribution in [3.8, 4) is 0 Å². The first kappa shape index (κ1) is 10.1. The van der Waals surface area contributed by atoms with Gasteiger partial charge in [0.05, 0.1) is 0 Å². The second-order valence-corrected chi connectivity index (χ2v) is 3.92. The van der Waals surface area contributed by atoms with Gasteiger partial charge in [0, 0.05) is 30.3 Å². The van der Waals surface area contributed by atoms with Gasteiger partial charge in [0.1, 0.15) is 0 Å². The van der Waals surface area contributed by atoms with Crippen molar-refractivity contribution >= 4 is 11.6 Å². The third-order valence-electron chi connectivity index (χ3n) is 2.25. The quantitative estimate of drug-likeness (QED) is 0.829. The molecule has 0 unspecified atom stereocenters. The van der Waals surface area contributed by atoms with Crippen LogP contribution in [0.15, 0.2) is 35.1 Å². The number of nitrogens with one attached hydrogen (secondary N) is 1. The summed E-state index contributed by atoms with van der Waals surface area (Å²) in [5, 5.41) is 3.70. The van der Waals surface area contributed by atoms with Crippen LogP contribution < -0.4 is 5.56 Å². The summed E-state index contributed by atoms with van der Waals surface area (Å²) in [6.45, 7) is 0. The standard InChI is InChI=1S/C11H11ClN2O/c1-14-11(15)7-10(13-14)6-8-2-4-9(12)5-3-8/h2-5,7,13H,6H2,1H3. The van der Waals surface area contributed by atoms with Crippen LogP contribution in [0.25, 0.3) is 0 Å². The van der Waals surface area contributed by atoms with E-state index in [-0.39, 0.29) is 5.56 Å². The molecule has 1 N–H and O–H groups in total. The first-order valence-corrected chi connectivity index (χ1v) is 5.02. The van der Waals surface area contributed by atoms with Crippen LogP contribution in [-0.2, 0) is 13.5 Å². The number of H-pyrrole nitrogens is 1. The minimum Gasteiger partial charge on any atom is -0.300 e. The lowest BCUT2D eigenvalue weighted by molar-refractivity contribution is 0.725. The van der Waals surface area contributed by atoms with Crippen LogP contribution in [0.2, 0.25) is 5.02 Å². The summed E-state index contributed by atoms with van der Waals surface area (Å²) in [5.41, 5.74) is 2.02. The van der Waals surface area contributed by atoms with Gasteiger partial charge < -0.3 is 0 Å². The highest BCUT2D eigenvalue weighted by Crippen LogP contribution is 2.11. The maximum atomic E-state index is 11.2. The molecule has 0 fully saturated rings. The third-order valence-corrected chi connectivity index (χ3v) is 2.50. The van der Waals surface area contributed by atoms with Crippen LogP contribution in [0.3, 0.4) is 0 Å². The van der Waals surface area contributed by atoms with Crippen LogP contribution in [0.4, 0.5) is 0 Å². The number of hydrogen-bond acceptors (Lipinski definition) is 1. The average molecular weight is 223 g/mol. The lowest BCUT2D eigenvalue weighted by Gasteiger charge is -1.98. The molecule has 0 spiro atoms. The molecular weight excluding hydrogens is 212 g/mol. The molecule has 0 aliphatic heterocycles. The Labute approximate surface area is 92.3 Å². The van der Waals surface area contributed by atoms with Crippen LogP contribution >= 0.6 is 11.6 Å². The van der Waals surface area contributed by atoms with E-state index in [1.54, 1.807) is 13.1 Å². The summed E-state index contributed by atoms with van der Waals surface area (Å²) < 4.78 is 1.46. The summed E-state index contributed by atoms with van der Waals surface area (Å²) in [6.07, 6.45) is 0.716. The Morgan fingerprint density at radius 3 is 2.53 bits per heavy atom. The Hall–Kier alpha value is -1.48. The highest BCUT2D eigenvalue weighted by Gasteiger charge is 2.00. The molecule has 0 atom stereocenters. The van der Waals surface area contributed by atoms with Crippen LogP contribution in [0.5, 0.6) is 0 Å². The minimum atomic E-state index is -0.0148. The molecule has 0 bridgehead atoms. The van der Waals surface area contributed by atoms with Crippen molar-refractivity contribution < 1.29 is 0 Å². The van der Waals surface area contributed by atoms with Gasteiger partial charge in [-0.15, -0.1) is 0 Å². The van der Waals surface area contributed by atoms with Gasteiger partial charge >= 0.3 is 0 Å². The number of rotatable bonds is 2. The Morgan fingerprint density at radius 1 is 1.33 bits per heavy atom. The number of hydrogen-bond donors (Lipinski definition) is 1. The van der Waals surface area contributed by atoms with E-state index < -0.39 is 0 Å². The van der Waals surface area contributed by atoms with E-state index in [2.05, 4.69) is 5.10 Å². The first-order chi connectivity index (χ1) is 7.15. The zero-order valence-corrected chi connectivity index (χ0v) is 9.08. The zero-order chi connectivity index (χ0) is 10.8. The fraction of sp³-hybridized carbons (Fsp3) is 0.182. The molecular formula is C11H11ClN2O. The minimum absolute atomic E-state index is 0.0148. The third kappa shape index (κ3) is 2.30.